The third-order valence-electron chi connectivity index (χ3n) is 4.43. The van der Waals surface area contributed by atoms with Crippen molar-refractivity contribution < 1.29 is 4.74 Å². The average Bonchev–Trinajstić information content (AvgIpc) is 2.80. The molecule has 5 nitrogen and oxygen atoms in total. The predicted octanol–water partition coefficient (Wildman–Crippen LogP) is 3.15. The molecular weight excluding hydrogens is 252 g/mol. The van der Waals surface area contributed by atoms with Crippen molar-refractivity contribution >= 4 is 11.6 Å². The number of hydrogen-bond donors (Lipinski definition) is 2. The third-order valence-corrected chi connectivity index (χ3v) is 4.43. The Kier molecular flexibility index (Phi) is 5.04. The van der Waals surface area contributed by atoms with Crippen LogP contribution in [0.15, 0.2) is 6.33 Å². The summed E-state index contributed by atoms with van der Waals surface area (Å²) in [7, 11) is 1.66. The molecule has 0 saturated heterocycles. The van der Waals surface area contributed by atoms with Crippen LogP contribution in [0.1, 0.15) is 40.0 Å². The summed E-state index contributed by atoms with van der Waals surface area (Å²) in [5.74, 6) is 3.74. The molecule has 0 aromatic carbocycles. The minimum absolute atomic E-state index is 0.471. The molecule has 1 aliphatic carbocycles. The second kappa shape index (κ2) is 6.77. The van der Waals surface area contributed by atoms with E-state index in [1.54, 1.807) is 13.4 Å². The Labute approximate surface area is 121 Å². The van der Waals surface area contributed by atoms with Gasteiger partial charge in [0.05, 0.1) is 7.11 Å². The zero-order valence-electron chi connectivity index (χ0n) is 12.9. The van der Waals surface area contributed by atoms with Crippen LogP contribution < -0.4 is 15.4 Å². The van der Waals surface area contributed by atoms with Gasteiger partial charge in [-0.25, -0.2) is 9.97 Å². The highest BCUT2D eigenvalue weighted by Crippen LogP contribution is 2.37. The number of aromatic nitrogens is 2. The van der Waals surface area contributed by atoms with Gasteiger partial charge < -0.3 is 15.4 Å². The Morgan fingerprint density at radius 1 is 1.25 bits per heavy atom. The summed E-state index contributed by atoms with van der Waals surface area (Å²) in [6, 6.07) is 0.471. The molecule has 1 fully saturated rings. The standard InChI is InChI=1S/C15H26N4O/c1-5-11-7-8-12(10(11)3)19-15-13(20-4)14(16-6-2)17-9-18-15/h9-12H,5-8H2,1-4H3,(H2,16,17,18,19). The third kappa shape index (κ3) is 2.97. The Hall–Kier alpha value is -1.52. The highest BCUT2D eigenvalue weighted by atomic mass is 16.5. The SMILES string of the molecule is CCNc1ncnc(NC2CCC(CC)C2C)c1OC. The first kappa shape index (κ1) is 14.9. The second-order valence-corrected chi connectivity index (χ2v) is 5.49. The van der Waals surface area contributed by atoms with Crippen molar-refractivity contribution in [2.24, 2.45) is 11.8 Å². The largest absolute Gasteiger partial charge is 0.490 e. The van der Waals surface area contributed by atoms with Crippen LogP contribution in [-0.2, 0) is 0 Å². The molecule has 5 heteroatoms. The fourth-order valence-corrected chi connectivity index (χ4v) is 3.17. The minimum atomic E-state index is 0.471. The van der Waals surface area contributed by atoms with E-state index in [9.17, 15) is 0 Å². The number of hydrogen-bond acceptors (Lipinski definition) is 5. The van der Waals surface area contributed by atoms with Crippen molar-refractivity contribution in [1.29, 1.82) is 0 Å². The summed E-state index contributed by atoms with van der Waals surface area (Å²) in [5, 5.41) is 6.76. The van der Waals surface area contributed by atoms with E-state index in [-0.39, 0.29) is 0 Å². The van der Waals surface area contributed by atoms with Gasteiger partial charge in [-0.2, -0.15) is 0 Å². The van der Waals surface area contributed by atoms with Crippen molar-refractivity contribution in [3.05, 3.63) is 6.33 Å². The van der Waals surface area contributed by atoms with Gasteiger partial charge in [-0.3, -0.25) is 0 Å². The number of methoxy groups -OCH3 is 1. The number of nitrogens with zero attached hydrogens (tertiary/aromatic N) is 2. The van der Waals surface area contributed by atoms with Crippen molar-refractivity contribution in [1.82, 2.24) is 9.97 Å². The molecule has 20 heavy (non-hydrogen) atoms. The number of rotatable bonds is 6. The second-order valence-electron chi connectivity index (χ2n) is 5.49. The first-order chi connectivity index (χ1) is 9.71. The lowest BCUT2D eigenvalue weighted by Crippen LogP contribution is -2.25. The average molecular weight is 278 g/mol. The van der Waals surface area contributed by atoms with Gasteiger partial charge in [0.15, 0.2) is 11.6 Å². The number of anilines is 2. The molecule has 2 rings (SSSR count). The molecule has 3 atom stereocenters. The first-order valence-electron chi connectivity index (χ1n) is 7.60. The number of ether oxygens (including phenoxy) is 1. The van der Waals surface area contributed by atoms with Gasteiger partial charge in [0, 0.05) is 12.6 Å². The molecule has 112 valence electrons. The van der Waals surface area contributed by atoms with E-state index in [2.05, 4.69) is 34.4 Å². The van der Waals surface area contributed by atoms with Crippen LogP contribution in [0.3, 0.4) is 0 Å². The van der Waals surface area contributed by atoms with Gasteiger partial charge in [0.1, 0.15) is 6.33 Å². The lowest BCUT2D eigenvalue weighted by atomic mass is 9.93. The fourth-order valence-electron chi connectivity index (χ4n) is 3.17. The van der Waals surface area contributed by atoms with Crippen molar-refractivity contribution in [3.63, 3.8) is 0 Å². The molecular formula is C15H26N4O. The lowest BCUT2D eigenvalue weighted by molar-refractivity contribution is 0.388. The fraction of sp³-hybridized carbons (Fsp3) is 0.733. The quantitative estimate of drug-likeness (QED) is 0.837. The molecule has 1 saturated carbocycles. The van der Waals surface area contributed by atoms with E-state index >= 15 is 0 Å². The van der Waals surface area contributed by atoms with Gasteiger partial charge in [-0.1, -0.05) is 20.3 Å². The van der Waals surface area contributed by atoms with Crippen LogP contribution in [0.2, 0.25) is 0 Å². The van der Waals surface area contributed by atoms with Crippen LogP contribution >= 0.6 is 0 Å². The highest BCUT2D eigenvalue weighted by molar-refractivity contribution is 5.63. The zero-order valence-corrected chi connectivity index (χ0v) is 12.9. The Morgan fingerprint density at radius 3 is 2.60 bits per heavy atom. The van der Waals surface area contributed by atoms with Gasteiger partial charge in [0.2, 0.25) is 5.75 Å². The maximum Gasteiger partial charge on any atom is 0.204 e. The smallest absolute Gasteiger partial charge is 0.204 e. The zero-order chi connectivity index (χ0) is 14.5. The van der Waals surface area contributed by atoms with Gasteiger partial charge >= 0.3 is 0 Å². The van der Waals surface area contributed by atoms with Crippen LogP contribution in [0.25, 0.3) is 0 Å². The Morgan fingerprint density at radius 2 is 2.00 bits per heavy atom. The predicted molar refractivity (Wildman–Crippen MR) is 82.3 cm³/mol. The summed E-state index contributed by atoms with van der Waals surface area (Å²) in [4.78, 5) is 8.59. The van der Waals surface area contributed by atoms with Gasteiger partial charge in [0.25, 0.3) is 0 Å². The summed E-state index contributed by atoms with van der Waals surface area (Å²) in [6.07, 6.45) is 5.33. The monoisotopic (exact) mass is 278 g/mol. The van der Waals surface area contributed by atoms with Gasteiger partial charge in [-0.15, -0.1) is 0 Å². The van der Waals surface area contributed by atoms with E-state index in [1.165, 1.54) is 19.3 Å². The summed E-state index contributed by atoms with van der Waals surface area (Å²) in [5.41, 5.74) is 0. The van der Waals surface area contributed by atoms with E-state index in [1.807, 2.05) is 6.92 Å². The lowest BCUT2D eigenvalue weighted by Gasteiger charge is -2.23. The molecule has 1 aliphatic rings. The molecule has 1 aromatic heterocycles. The van der Waals surface area contributed by atoms with Crippen molar-refractivity contribution in [3.8, 4) is 5.75 Å². The molecule has 1 aromatic rings. The van der Waals surface area contributed by atoms with Crippen molar-refractivity contribution in [2.75, 3.05) is 24.3 Å². The summed E-state index contributed by atoms with van der Waals surface area (Å²) in [6.45, 7) is 7.46. The maximum absolute atomic E-state index is 5.48. The molecule has 0 bridgehead atoms. The number of nitrogens with one attached hydrogen (secondary N) is 2. The minimum Gasteiger partial charge on any atom is -0.490 e. The van der Waals surface area contributed by atoms with E-state index in [4.69, 9.17) is 4.74 Å². The Bertz CT molecular complexity index is 438. The molecule has 3 unspecified atom stereocenters. The van der Waals surface area contributed by atoms with E-state index in [0.717, 1.165) is 24.1 Å². The van der Waals surface area contributed by atoms with Crippen LogP contribution in [0, 0.1) is 11.8 Å². The summed E-state index contributed by atoms with van der Waals surface area (Å²) >= 11 is 0. The van der Waals surface area contributed by atoms with Crippen LogP contribution in [-0.4, -0.2) is 29.7 Å². The molecule has 2 N–H and O–H groups in total. The molecule has 0 radical (unpaired) electrons. The van der Waals surface area contributed by atoms with Gasteiger partial charge in [-0.05, 0) is 31.6 Å². The molecule has 0 amide bonds. The normalized spacial score (nSPS) is 25.5. The topological polar surface area (TPSA) is 59.1 Å². The molecule has 0 spiro atoms. The molecule has 0 aliphatic heterocycles. The van der Waals surface area contributed by atoms with E-state index < -0.39 is 0 Å². The Balaban J connectivity index is 2.15. The van der Waals surface area contributed by atoms with Crippen LogP contribution in [0.5, 0.6) is 5.75 Å². The van der Waals surface area contributed by atoms with Crippen molar-refractivity contribution in [2.45, 2.75) is 46.1 Å². The molecule has 1 heterocycles. The van der Waals surface area contributed by atoms with E-state index in [0.29, 0.717) is 17.7 Å². The summed E-state index contributed by atoms with van der Waals surface area (Å²) < 4.78 is 5.48. The van der Waals surface area contributed by atoms with Crippen LogP contribution in [0.4, 0.5) is 11.6 Å². The highest BCUT2D eigenvalue weighted by Gasteiger charge is 2.32. The maximum atomic E-state index is 5.48. The first-order valence-corrected chi connectivity index (χ1v) is 7.60.